The molecule has 1 atom stereocenters. The Morgan fingerprint density at radius 2 is 2.08 bits per heavy atom. The molecule has 0 saturated carbocycles. The molecule has 12 heavy (non-hydrogen) atoms. The Hall–Kier alpha value is -0.610. The van der Waals surface area contributed by atoms with E-state index in [1.807, 2.05) is 0 Å². The maximum absolute atomic E-state index is 10.8. The largest absolute Gasteiger partial charge is 0.480 e. The van der Waals surface area contributed by atoms with Crippen molar-refractivity contribution >= 4 is 5.97 Å². The predicted octanol–water partition coefficient (Wildman–Crippen LogP) is -0.587. The summed E-state index contributed by atoms with van der Waals surface area (Å²) in [6.07, 6.45) is 1.99. The average Bonchev–Trinajstić information content (AvgIpc) is 2.03. The zero-order chi connectivity index (χ0) is 8.60. The number of hydrogen-bond acceptors (Lipinski definition) is 3. The summed E-state index contributed by atoms with van der Waals surface area (Å²) < 4.78 is 0. The Morgan fingerprint density at radius 1 is 1.42 bits per heavy atom. The lowest BCUT2D eigenvalue weighted by Gasteiger charge is -2.50. The maximum Gasteiger partial charge on any atom is 0.321 e. The van der Waals surface area contributed by atoms with Gasteiger partial charge in [0, 0.05) is 12.0 Å². The lowest BCUT2D eigenvalue weighted by molar-refractivity contribution is -0.149. The number of aliphatic carboxylic acids is 1. The number of rotatable bonds is 1. The Morgan fingerprint density at radius 3 is 2.50 bits per heavy atom. The second kappa shape index (κ2) is 2.71. The highest BCUT2D eigenvalue weighted by molar-refractivity contribution is 5.76. The van der Waals surface area contributed by atoms with E-state index in [2.05, 4.69) is 10.6 Å². The monoisotopic (exact) mass is 170 g/mol. The molecule has 2 aliphatic rings. The van der Waals surface area contributed by atoms with Crippen LogP contribution in [0.4, 0.5) is 0 Å². The van der Waals surface area contributed by atoms with Crippen molar-refractivity contribution in [2.75, 3.05) is 19.6 Å². The summed E-state index contributed by atoms with van der Waals surface area (Å²) in [6.45, 7) is 2.81. The molecule has 2 fully saturated rings. The van der Waals surface area contributed by atoms with Crippen molar-refractivity contribution in [1.29, 1.82) is 0 Å². The molecule has 2 aliphatic heterocycles. The highest BCUT2D eigenvalue weighted by atomic mass is 16.4. The quantitative estimate of drug-likeness (QED) is 0.492. The van der Waals surface area contributed by atoms with Gasteiger partial charge in [-0.25, -0.2) is 0 Å². The number of carboxylic acids is 1. The van der Waals surface area contributed by atoms with E-state index in [1.54, 1.807) is 0 Å². The third-order valence-electron chi connectivity index (χ3n) is 3.12. The van der Waals surface area contributed by atoms with Gasteiger partial charge in [0.2, 0.25) is 0 Å². The summed E-state index contributed by atoms with van der Waals surface area (Å²) in [5.41, 5.74) is 0.0666. The zero-order valence-electron chi connectivity index (χ0n) is 6.97. The predicted molar refractivity (Wildman–Crippen MR) is 44.0 cm³/mol. The Balaban J connectivity index is 2.05. The summed E-state index contributed by atoms with van der Waals surface area (Å²) in [5, 5.41) is 15.1. The van der Waals surface area contributed by atoms with E-state index in [0.717, 1.165) is 32.5 Å². The molecule has 0 aliphatic carbocycles. The molecule has 4 heteroatoms. The van der Waals surface area contributed by atoms with Gasteiger partial charge in [0.15, 0.2) is 0 Å². The molecule has 0 aromatic rings. The standard InChI is InChI=1S/C8H14N2O2/c11-7(12)6-8(5-10-6)1-3-9-4-2-8/h6,9-10H,1-5H2,(H,11,12). The van der Waals surface area contributed by atoms with Crippen LogP contribution in [0.1, 0.15) is 12.8 Å². The fourth-order valence-electron chi connectivity index (χ4n) is 2.23. The first-order valence-electron chi connectivity index (χ1n) is 4.42. The second-order valence-electron chi connectivity index (χ2n) is 3.76. The van der Waals surface area contributed by atoms with Crippen LogP contribution in [0.15, 0.2) is 0 Å². The van der Waals surface area contributed by atoms with Crippen molar-refractivity contribution in [2.24, 2.45) is 5.41 Å². The highest BCUT2D eigenvalue weighted by Gasteiger charge is 2.50. The van der Waals surface area contributed by atoms with Gasteiger partial charge in [-0.2, -0.15) is 0 Å². The maximum atomic E-state index is 10.8. The van der Waals surface area contributed by atoms with Crippen molar-refractivity contribution < 1.29 is 9.90 Å². The molecule has 4 nitrogen and oxygen atoms in total. The van der Waals surface area contributed by atoms with Crippen LogP contribution < -0.4 is 10.6 Å². The van der Waals surface area contributed by atoms with Crippen LogP contribution >= 0.6 is 0 Å². The van der Waals surface area contributed by atoms with Gasteiger partial charge in [0.25, 0.3) is 0 Å². The molecular weight excluding hydrogens is 156 g/mol. The first kappa shape index (κ1) is 8.01. The first-order valence-corrected chi connectivity index (χ1v) is 4.42. The van der Waals surface area contributed by atoms with Gasteiger partial charge in [-0.15, -0.1) is 0 Å². The van der Waals surface area contributed by atoms with E-state index >= 15 is 0 Å². The topological polar surface area (TPSA) is 61.4 Å². The van der Waals surface area contributed by atoms with Gasteiger partial charge in [-0.05, 0) is 25.9 Å². The van der Waals surface area contributed by atoms with Gasteiger partial charge >= 0.3 is 5.97 Å². The van der Waals surface area contributed by atoms with Crippen molar-refractivity contribution in [3.05, 3.63) is 0 Å². The van der Waals surface area contributed by atoms with E-state index in [9.17, 15) is 4.79 Å². The van der Waals surface area contributed by atoms with E-state index in [-0.39, 0.29) is 11.5 Å². The van der Waals surface area contributed by atoms with Crippen LogP contribution in [0.3, 0.4) is 0 Å². The number of nitrogens with one attached hydrogen (secondary N) is 2. The molecular formula is C8H14N2O2. The average molecular weight is 170 g/mol. The molecule has 68 valence electrons. The molecule has 0 aromatic carbocycles. The normalized spacial score (nSPS) is 32.8. The van der Waals surface area contributed by atoms with Crippen LogP contribution in [0.25, 0.3) is 0 Å². The molecule has 2 saturated heterocycles. The summed E-state index contributed by atoms with van der Waals surface area (Å²) >= 11 is 0. The molecule has 3 N–H and O–H groups in total. The Labute approximate surface area is 71.3 Å². The fraction of sp³-hybridized carbons (Fsp3) is 0.875. The van der Waals surface area contributed by atoms with Crippen LogP contribution in [0.2, 0.25) is 0 Å². The van der Waals surface area contributed by atoms with E-state index in [1.165, 1.54) is 0 Å². The van der Waals surface area contributed by atoms with Crippen molar-refractivity contribution in [3.63, 3.8) is 0 Å². The Kier molecular flexibility index (Phi) is 1.81. The van der Waals surface area contributed by atoms with E-state index in [4.69, 9.17) is 5.11 Å². The van der Waals surface area contributed by atoms with Gasteiger partial charge in [0.05, 0.1) is 0 Å². The lowest BCUT2D eigenvalue weighted by Crippen LogP contribution is -2.68. The third kappa shape index (κ3) is 1.03. The van der Waals surface area contributed by atoms with Crippen LogP contribution in [-0.4, -0.2) is 36.8 Å². The van der Waals surface area contributed by atoms with Crippen molar-refractivity contribution in [1.82, 2.24) is 10.6 Å². The molecule has 0 aromatic heterocycles. The summed E-state index contributed by atoms with van der Waals surface area (Å²) in [6, 6.07) is -0.292. The molecule has 0 radical (unpaired) electrons. The minimum absolute atomic E-state index is 0.0666. The molecule has 2 heterocycles. The van der Waals surface area contributed by atoms with Crippen LogP contribution in [0, 0.1) is 5.41 Å². The van der Waals surface area contributed by atoms with E-state index in [0.29, 0.717) is 0 Å². The zero-order valence-corrected chi connectivity index (χ0v) is 6.97. The third-order valence-corrected chi connectivity index (χ3v) is 3.12. The second-order valence-corrected chi connectivity index (χ2v) is 3.76. The minimum Gasteiger partial charge on any atom is -0.480 e. The van der Waals surface area contributed by atoms with Gasteiger partial charge in [0.1, 0.15) is 6.04 Å². The molecule has 1 unspecified atom stereocenters. The molecule has 1 spiro atoms. The van der Waals surface area contributed by atoms with Crippen LogP contribution in [0.5, 0.6) is 0 Å². The number of carbonyl (C=O) groups is 1. The van der Waals surface area contributed by atoms with E-state index < -0.39 is 5.97 Å². The SMILES string of the molecule is O=C(O)C1NCC12CCNCC2. The smallest absolute Gasteiger partial charge is 0.321 e. The van der Waals surface area contributed by atoms with Crippen molar-refractivity contribution in [2.45, 2.75) is 18.9 Å². The molecule has 2 rings (SSSR count). The minimum atomic E-state index is -0.692. The van der Waals surface area contributed by atoms with Gasteiger partial charge in [-0.3, -0.25) is 4.79 Å². The fourth-order valence-corrected chi connectivity index (χ4v) is 2.23. The Bertz CT molecular complexity index is 199. The highest BCUT2D eigenvalue weighted by Crippen LogP contribution is 2.38. The molecule has 0 amide bonds. The number of hydrogen-bond donors (Lipinski definition) is 3. The van der Waals surface area contributed by atoms with Crippen LogP contribution in [-0.2, 0) is 4.79 Å². The number of piperidine rings is 1. The lowest BCUT2D eigenvalue weighted by atomic mass is 9.67. The van der Waals surface area contributed by atoms with Gasteiger partial charge < -0.3 is 15.7 Å². The first-order chi connectivity index (χ1) is 5.75. The van der Waals surface area contributed by atoms with Crippen molar-refractivity contribution in [3.8, 4) is 0 Å². The summed E-state index contributed by atoms with van der Waals surface area (Å²) in [5.74, 6) is -0.692. The summed E-state index contributed by atoms with van der Waals surface area (Å²) in [7, 11) is 0. The van der Waals surface area contributed by atoms with Gasteiger partial charge in [-0.1, -0.05) is 0 Å². The number of carboxylic acid groups (broad SMARTS) is 1. The molecule has 0 bridgehead atoms. The summed E-state index contributed by atoms with van der Waals surface area (Å²) in [4.78, 5) is 10.8.